The number of aliphatic imine (C=N–C) groups is 1. The first-order valence-corrected chi connectivity index (χ1v) is 10.5. The molecule has 8 heteroatoms. The Morgan fingerprint density at radius 1 is 1.06 bits per heavy atom. The molecular weight excluding hydrogens is 420 g/mol. The van der Waals surface area contributed by atoms with Gasteiger partial charge in [-0.2, -0.15) is 4.99 Å². The zero-order chi connectivity index (χ0) is 21.8. The maximum atomic E-state index is 12.7. The number of likely N-dealkylation sites (tertiary alicyclic amines) is 1. The Balaban J connectivity index is 1.31. The lowest BCUT2D eigenvalue weighted by Crippen LogP contribution is -2.47. The maximum Gasteiger partial charge on any atom is 0.339 e. The highest BCUT2D eigenvalue weighted by atomic mass is 35.5. The highest BCUT2D eigenvalue weighted by Crippen LogP contribution is 2.44. The molecule has 7 nitrogen and oxygen atoms in total. The van der Waals surface area contributed by atoms with E-state index in [-0.39, 0.29) is 12.0 Å². The third kappa shape index (κ3) is 3.11. The molecule has 2 aromatic carbocycles. The van der Waals surface area contributed by atoms with Gasteiger partial charge in [0.15, 0.2) is 0 Å². The summed E-state index contributed by atoms with van der Waals surface area (Å²) in [5.41, 5.74) is -0.138. The third-order valence-electron chi connectivity index (χ3n) is 6.40. The van der Waals surface area contributed by atoms with Gasteiger partial charge in [-0.25, -0.2) is 4.79 Å². The van der Waals surface area contributed by atoms with Crippen LogP contribution >= 0.6 is 11.6 Å². The van der Waals surface area contributed by atoms with Crippen LogP contribution in [-0.2, 0) is 19.9 Å². The molecule has 3 aliphatic heterocycles. The van der Waals surface area contributed by atoms with Crippen LogP contribution < -0.4 is 0 Å². The van der Waals surface area contributed by atoms with Gasteiger partial charge in [0.1, 0.15) is 11.7 Å². The summed E-state index contributed by atoms with van der Waals surface area (Å²) in [6, 6.07) is 14.2. The van der Waals surface area contributed by atoms with Crippen molar-refractivity contribution in [3.63, 3.8) is 0 Å². The fraction of sp³-hybridized carbons (Fsp3) is 0.348. The van der Waals surface area contributed by atoms with Crippen LogP contribution in [-0.4, -0.2) is 46.6 Å². The van der Waals surface area contributed by atoms with E-state index in [0.717, 1.165) is 5.56 Å². The fourth-order valence-electron chi connectivity index (χ4n) is 4.50. The minimum atomic E-state index is -1.52. The molecular formula is C23H21ClN2O5. The van der Waals surface area contributed by atoms with E-state index >= 15 is 0 Å². The van der Waals surface area contributed by atoms with Crippen molar-refractivity contribution in [3.05, 3.63) is 70.2 Å². The quantitative estimate of drug-likeness (QED) is 0.721. The van der Waals surface area contributed by atoms with Gasteiger partial charge in [0, 0.05) is 36.5 Å². The number of aliphatic hydroxyl groups excluding tert-OH is 1. The van der Waals surface area contributed by atoms with Gasteiger partial charge in [0.05, 0.1) is 5.56 Å². The van der Waals surface area contributed by atoms with Crippen LogP contribution in [0.1, 0.15) is 47.4 Å². The molecule has 0 aliphatic carbocycles. The number of fused-ring (bicyclic) bond motifs is 2. The largest absolute Gasteiger partial charge is 0.450 e. The molecule has 5 rings (SSSR count). The van der Waals surface area contributed by atoms with Crippen molar-refractivity contribution in [1.82, 2.24) is 4.90 Å². The van der Waals surface area contributed by atoms with E-state index < -0.39 is 23.2 Å². The fourth-order valence-corrected chi connectivity index (χ4v) is 4.63. The maximum absolute atomic E-state index is 12.7. The molecule has 0 saturated carbocycles. The Hall–Kier alpha value is -2.90. The van der Waals surface area contributed by atoms with Crippen molar-refractivity contribution in [2.75, 3.05) is 13.1 Å². The van der Waals surface area contributed by atoms with E-state index in [4.69, 9.17) is 21.1 Å². The summed E-state index contributed by atoms with van der Waals surface area (Å²) in [6.07, 6.45) is -0.0803. The van der Waals surface area contributed by atoms with E-state index in [2.05, 4.69) is 4.99 Å². The standard InChI is InChI=1S/C23H21ClN2O5/c1-22(18(27)14-6-8-15(24)9-7-14)20(29)25-21(31-22)26-12-10-23(11-13-26)17-5-3-2-4-16(17)19(28)30-23/h2-9,18,27H,10-13H2,1H3. The van der Waals surface area contributed by atoms with Crippen molar-refractivity contribution in [2.45, 2.75) is 37.1 Å². The molecule has 3 heterocycles. The molecule has 2 atom stereocenters. The molecule has 160 valence electrons. The molecule has 2 unspecified atom stereocenters. The Morgan fingerprint density at radius 3 is 2.45 bits per heavy atom. The Morgan fingerprint density at radius 2 is 1.74 bits per heavy atom. The highest BCUT2D eigenvalue weighted by Gasteiger charge is 2.52. The van der Waals surface area contributed by atoms with Crippen molar-refractivity contribution < 1.29 is 24.2 Å². The first kappa shape index (κ1) is 20.0. The van der Waals surface area contributed by atoms with Crippen LogP contribution in [0.15, 0.2) is 53.5 Å². The molecule has 0 radical (unpaired) electrons. The number of ether oxygens (including phenoxy) is 2. The molecule has 0 aromatic heterocycles. The van der Waals surface area contributed by atoms with Crippen molar-refractivity contribution in [2.24, 2.45) is 4.99 Å². The second-order valence-electron chi connectivity index (χ2n) is 8.28. The summed E-state index contributed by atoms with van der Waals surface area (Å²) < 4.78 is 11.7. The van der Waals surface area contributed by atoms with Crippen LogP contribution in [0.3, 0.4) is 0 Å². The van der Waals surface area contributed by atoms with Gasteiger partial charge < -0.3 is 19.5 Å². The van der Waals surface area contributed by atoms with Crippen LogP contribution in [0.5, 0.6) is 0 Å². The van der Waals surface area contributed by atoms with E-state index in [1.54, 1.807) is 30.3 Å². The number of carbonyl (C=O) groups excluding carboxylic acids is 2. The Kier molecular flexibility index (Phi) is 4.57. The molecule has 1 amide bonds. The zero-order valence-electron chi connectivity index (χ0n) is 16.9. The summed E-state index contributed by atoms with van der Waals surface area (Å²) in [5, 5.41) is 11.4. The first-order chi connectivity index (χ1) is 14.8. The second-order valence-corrected chi connectivity index (χ2v) is 8.72. The summed E-state index contributed by atoms with van der Waals surface area (Å²) in [6.45, 7) is 2.53. The monoisotopic (exact) mass is 440 g/mol. The van der Waals surface area contributed by atoms with Gasteiger partial charge in [-0.3, -0.25) is 4.79 Å². The third-order valence-corrected chi connectivity index (χ3v) is 6.65. The lowest BCUT2D eigenvalue weighted by Gasteiger charge is -2.39. The minimum absolute atomic E-state index is 0.188. The van der Waals surface area contributed by atoms with Crippen molar-refractivity contribution in [3.8, 4) is 0 Å². The summed E-state index contributed by atoms with van der Waals surface area (Å²) in [4.78, 5) is 30.9. The van der Waals surface area contributed by atoms with E-state index in [9.17, 15) is 14.7 Å². The van der Waals surface area contributed by atoms with Crippen LogP contribution in [0.2, 0.25) is 5.02 Å². The average Bonchev–Trinajstić information content (AvgIpc) is 3.23. The average molecular weight is 441 g/mol. The van der Waals surface area contributed by atoms with Gasteiger partial charge in [0.25, 0.3) is 11.9 Å². The number of amides is 1. The number of carbonyl (C=O) groups is 2. The van der Waals surface area contributed by atoms with Gasteiger partial charge in [-0.05, 0) is 30.7 Å². The summed E-state index contributed by atoms with van der Waals surface area (Å²) in [5.74, 6) is -0.838. The number of halogens is 1. The Labute approximate surface area is 184 Å². The number of amidine groups is 1. The van der Waals surface area contributed by atoms with E-state index in [1.807, 2.05) is 23.1 Å². The van der Waals surface area contributed by atoms with Crippen molar-refractivity contribution in [1.29, 1.82) is 0 Å². The summed E-state index contributed by atoms with van der Waals surface area (Å²) >= 11 is 5.92. The molecule has 1 saturated heterocycles. The topological polar surface area (TPSA) is 88.4 Å². The number of rotatable bonds is 2. The van der Waals surface area contributed by atoms with Gasteiger partial charge in [-0.1, -0.05) is 41.9 Å². The second kappa shape index (κ2) is 7.07. The van der Waals surface area contributed by atoms with E-state index in [0.29, 0.717) is 42.1 Å². The normalized spacial score (nSPS) is 25.1. The number of hydrogen-bond acceptors (Lipinski definition) is 6. The van der Waals surface area contributed by atoms with Crippen LogP contribution in [0.4, 0.5) is 0 Å². The van der Waals surface area contributed by atoms with Crippen molar-refractivity contribution >= 4 is 29.5 Å². The SMILES string of the molecule is CC1(C(O)c2ccc(Cl)cc2)OC(N2CCC3(CC2)OC(=O)c2ccccc23)=NC1=O. The first-order valence-electron chi connectivity index (χ1n) is 10.2. The predicted molar refractivity (Wildman–Crippen MR) is 113 cm³/mol. The number of benzene rings is 2. The number of hydrogen-bond donors (Lipinski definition) is 1. The number of piperidine rings is 1. The molecule has 0 bridgehead atoms. The van der Waals surface area contributed by atoms with Crippen LogP contribution in [0, 0.1) is 0 Å². The molecule has 2 aromatic rings. The smallest absolute Gasteiger partial charge is 0.339 e. The lowest BCUT2D eigenvalue weighted by atomic mass is 9.84. The Bertz CT molecular complexity index is 1090. The molecule has 1 N–H and O–H groups in total. The van der Waals surface area contributed by atoms with Crippen LogP contribution in [0.25, 0.3) is 0 Å². The predicted octanol–water partition coefficient (Wildman–Crippen LogP) is 3.21. The molecule has 1 spiro atoms. The number of esters is 1. The van der Waals surface area contributed by atoms with Gasteiger partial charge in [0.2, 0.25) is 5.60 Å². The van der Waals surface area contributed by atoms with Gasteiger partial charge >= 0.3 is 5.97 Å². The lowest BCUT2D eigenvalue weighted by molar-refractivity contribution is -0.140. The van der Waals surface area contributed by atoms with Gasteiger partial charge in [-0.15, -0.1) is 0 Å². The number of aliphatic hydroxyl groups is 1. The number of nitrogens with zero attached hydrogens (tertiary/aromatic N) is 2. The zero-order valence-corrected chi connectivity index (χ0v) is 17.6. The molecule has 1 fully saturated rings. The van der Waals surface area contributed by atoms with E-state index in [1.165, 1.54) is 6.92 Å². The summed E-state index contributed by atoms with van der Waals surface area (Å²) in [7, 11) is 0. The minimum Gasteiger partial charge on any atom is -0.450 e. The molecule has 31 heavy (non-hydrogen) atoms. The highest BCUT2D eigenvalue weighted by molar-refractivity contribution is 6.30. The molecule has 3 aliphatic rings.